The van der Waals surface area contributed by atoms with Gasteiger partial charge in [0.1, 0.15) is 0 Å². The van der Waals surface area contributed by atoms with E-state index in [4.69, 9.17) is 16.7 Å². The standard InChI is InChI=1S/C13H19ClN2O2/c1-9(13(18)15-2)7-16(3)11-5-4-10(8-17)12(14)6-11/h4-6,9,17H,7-8H2,1-3H3,(H,15,18). The lowest BCUT2D eigenvalue weighted by atomic mass is 10.1. The van der Waals surface area contributed by atoms with Crippen LogP contribution in [0.4, 0.5) is 5.69 Å². The number of nitrogens with zero attached hydrogens (tertiary/aromatic N) is 1. The Morgan fingerprint density at radius 3 is 2.72 bits per heavy atom. The summed E-state index contributed by atoms with van der Waals surface area (Å²) >= 11 is 6.03. The lowest BCUT2D eigenvalue weighted by molar-refractivity contribution is -0.123. The number of carbonyl (C=O) groups is 1. The summed E-state index contributed by atoms with van der Waals surface area (Å²) in [6.07, 6.45) is 0. The second kappa shape index (κ2) is 6.61. The Kier molecular flexibility index (Phi) is 5.44. The van der Waals surface area contributed by atoms with Crippen molar-refractivity contribution in [3.05, 3.63) is 28.8 Å². The van der Waals surface area contributed by atoms with E-state index < -0.39 is 0 Å². The maximum atomic E-state index is 11.4. The summed E-state index contributed by atoms with van der Waals surface area (Å²) in [6, 6.07) is 5.47. The van der Waals surface area contributed by atoms with Crippen LogP contribution in [0.1, 0.15) is 12.5 Å². The molecule has 0 aromatic heterocycles. The number of nitrogens with one attached hydrogen (secondary N) is 1. The summed E-state index contributed by atoms with van der Waals surface area (Å²) in [4.78, 5) is 13.4. The van der Waals surface area contributed by atoms with Gasteiger partial charge in [-0.05, 0) is 17.7 Å². The van der Waals surface area contributed by atoms with Crippen molar-refractivity contribution in [2.75, 3.05) is 25.5 Å². The number of anilines is 1. The minimum atomic E-state index is -0.101. The molecule has 100 valence electrons. The highest BCUT2D eigenvalue weighted by Gasteiger charge is 2.14. The third-order valence-corrected chi connectivity index (χ3v) is 3.24. The zero-order valence-electron chi connectivity index (χ0n) is 10.9. The van der Waals surface area contributed by atoms with Crippen molar-refractivity contribution in [3.8, 4) is 0 Å². The molecule has 0 aliphatic rings. The second-order valence-electron chi connectivity index (χ2n) is 4.33. The van der Waals surface area contributed by atoms with Crippen LogP contribution >= 0.6 is 11.6 Å². The predicted octanol–water partition coefficient (Wildman–Crippen LogP) is 1.65. The normalized spacial score (nSPS) is 12.1. The first-order valence-electron chi connectivity index (χ1n) is 5.81. The number of hydrogen-bond donors (Lipinski definition) is 2. The number of aliphatic hydroxyl groups is 1. The molecule has 0 heterocycles. The van der Waals surface area contributed by atoms with E-state index in [9.17, 15) is 4.79 Å². The topological polar surface area (TPSA) is 52.6 Å². The second-order valence-corrected chi connectivity index (χ2v) is 4.74. The van der Waals surface area contributed by atoms with Gasteiger partial charge < -0.3 is 15.3 Å². The molecule has 0 saturated carbocycles. The Bertz CT molecular complexity index is 423. The zero-order chi connectivity index (χ0) is 13.7. The maximum Gasteiger partial charge on any atom is 0.224 e. The zero-order valence-corrected chi connectivity index (χ0v) is 11.7. The molecule has 0 fully saturated rings. The molecule has 1 aromatic carbocycles. The Labute approximate surface area is 113 Å². The number of halogens is 1. The average molecular weight is 271 g/mol. The SMILES string of the molecule is CNC(=O)C(C)CN(C)c1ccc(CO)c(Cl)c1. The van der Waals surface area contributed by atoms with E-state index in [1.165, 1.54) is 0 Å². The Hall–Kier alpha value is -1.26. The van der Waals surface area contributed by atoms with Crippen molar-refractivity contribution in [2.45, 2.75) is 13.5 Å². The minimum Gasteiger partial charge on any atom is -0.392 e. The number of hydrogen-bond acceptors (Lipinski definition) is 3. The Morgan fingerprint density at radius 2 is 2.22 bits per heavy atom. The quantitative estimate of drug-likeness (QED) is 0.855. The van der Waals surface area contributed by atoms with Gasteiger partial charge in [-0.3, -0.25) is 4.79 Å². The molecule has 0 bridgehead atoms. The number of carbonyl (C=O) groups excluding carboxylic acids is 1. The monoisotopic (exact) mass is 270 g/mol. The molecular weight excluding hydrogens is 252 g/mol. The van der Waals surface area contributed by atoms with Gasteiger partial charge in [0.05, 0.1) is 12.5 Å². The summed E-state index contributed by atoms with van der Waals surface area (Å²) < 4.78 is 0. The van der Waals surface area contributed by atoms with Gasteiger partial charge >= 0.3 is 0 Å². The molecule has 0 radical (unpaired) electrons. The summed E-state index contributed by atoms with van der Waals surface area (Å²) in [5, 5.41) is 12.2. The van der Waals surface area contributed by atoms with Gasteiger partial charge in [0.2, 0.25) is 5.91 Å². The highest BCUT2D eigenvalue weighted by atomic mass is 35.5. The third-order valence-electron chi connectivity index (χ3n) is 2.89. The van der Waals surface area contributed by atoms with Crippen LogP contribution in [0.3, 0.4) is 0 Å². The molecule has 1 rings (SSSR count). The van der Waals surface area contributed by atoms with E-state index >= 15 is 0 Å². The number of benzene rings is 1. The van der Waals surface area contributed by atoms with Gasteiger partial charge in [0, 0.05) is 31.4 Å². The summed E-state index contributed by atoms with van der Waals surface area (Å²) in [7, 11) is 3.54. The van der Waals surface area contributed by atoms with Crippen LogP contribution in [0.15, 0.2) is 18.2 Å². The third kappa shape index (κ3) is 3.62. The maximum absolute atomic E-state index is 11.4. The molecule has 1 amide bonds. The van der Waals surface area contributed by atoms with Crippen LogP contribution in [0.2, 0.25) is 5.02 Å². The predicted molar refractivity (Wildman–Crippen MR) is 73.9 cm³/mol. The summed E-state index contributed by atoms with van der Waals surface area (Å²) in [5.41, 5.74) is 1.63. The van der Waals surface area contributed by atoms with Gasteiger partial charge in [0.25, 0.3) is 0 Å². The van der Waals surface area contributed by atoms with E-state index in [0.717, 1.165) is 5.69 Å². The molecule has 0 spiro atoms. The van der Waals surface area contributed by atoms with Gasteiger partial charge in [-0.1, -0.05) is 24.6 Å². The largest absolute Gasteiger partial charge is 0.392 e. The van der Waals surface area contributed by atoms with Crippen molar-refractivity contribution in [1.29, 1.82) is 0 Å². The smallest absolute Gasteiger partial charge is 0.224 e. The molecule has 5 heteroatoms. The first kappa shape index (κ1) is 14.8. The van der Waals surface area contributed by atoms with E-state index in [0.29, 0.717) is 17.1 Å². The van der Waals surface area contributed by atoms with E-state index in [1.54, 1.807) is 19.2 Å². The van der Waals surface area contributed by atoms with Crippen LogP contribution in [0, 0.1) is 5.92 Å². The fourth-order valence-corrected chi connectivity index (χ4v) is 1.98. The Balaban J connectivity index is 2.75. The molecule has 1 aromatic rings. The molecule has 1 unspecified atom stereocenters. The molecular formula is C13H19ClN2O2. The van der Waals surface area contributed by atoms with Gasteiger partial charge in [-0.2, -0.15) is 0 Å². The molecule has 0 aliphatic heterocycles. The molecule has 18 heavy (non-hydrogen) atoms. The molecule has 2 N–H and O–H groups in total. The van der Waals surface area contributed by atoms with E-state index in [2.05, 4.69) is 5.32 Å². The lowest BCUT2D eigenvalue weighted by Crippen LogP contribution is -2.34. The van der Waals surface area contributed by atoms with Crippen LogP contribution in [0.25, 0.3) is 0 Å². The van der Waals surface area contributed by atoms with Crippen LogP contribution < -0.4 is 10.2 Å². The minimum absolute atomic E-state index is 0.0138. The number of rotatable bonds is 5. The average Bonchev–Trinajstić information content (AvgIpc) is 2.37. The van der Waals surface area contributed by atoms with Crippen molar-refractivity contribution < 1.29 is 9.90 Å². The number of aliphatic hydroxyl groups excluding tert-OH is 1. The summed E-state index contributed by atoms with van der Waals surface area (Å²) in [5.74, 6) is -0.0868. The molecule has 0 aliphatic carbocycles. The highest BCUT2D eigenvalue weighted by Crippen LogP contribution is 2.23. The fourth-order valence-electron chi connectivity index (χ4n) is 1.75. The Morgan fingerprint density at radius 1 is 1.56 bits per heavy atom. The van der Waals surface area contributed by atoms with Crippen LogP contribution in [-0.4, -0.2) is 31.7 Å². The van der Waals surface area contributed by atoms with Gasteiger partial charge in [-0.15, -0.1) is 0 Å². The number of amides is 1. The van der Waals surface area contributed by atoms with Crippen molar-refractivity contribution >= 4 is 23.2 Å². The van der Waals surface area contributed by atoms with Crippen LogP contribution in [-0.2, 0) is 11.4 Å². The van der Waals surface area contributed by atoms with Crippen molar-refractivity contribution in [2.24, 2.45) is 5.92 Å². The first-order valence-corrected chi connectivity index (χ1v) is 6.19. The van der Waals surface area contributed by atoms with Gasteiger partial charge in [0.15, 0.2) is 0 Å². The molecule has 4 nitrogen and oxygen atoms in total. The molecule has 1 atom stereocenters. The lowest BCUT2D eigenvalue weighted by Gasteiger charge is -2.23. The fraction of sp³-hybridized carbons (Fsp3) is 0.462. The van der Waals surface area contributed by atoms with Crippen molar-refractivity contribution in [1.82, 2.24) is 5.32 Å². The van der Waals surface area contributed by atoms with Crippen LogP contribution in [0.5, 0.6) is 0 Å². The first-order chi connectivity index (χ1) is 8.49. The van der Waals surface area contributed by atoms with Crippen molar-refractivity contribution in [3.63, 3.8) is 0 Å². The van der Waals surface area contributed by atoms with Gasteiger partial charge in [-0.25, -0.2) is 0 Å². The van der Waals surface area contributed by atoms with E-state index in [-0.39, 0.29) is 18.4 Å². The molecule has 0 saturated heterocycles. The highest BCUT2D eigenvalue weighted by molar-refractivity contribution is 6.31. The summed E-state index contributed by atoms with van der Waals surface area (Å²) in [6.45, 7) is 2.41. The van der Waals surface area contributed by atoms with E-state index in [1.807, 2.05) is 24.9 Å².